The highest BCUT2D eigenvalue weighted by Crippen LogP contribution is 2.18. The van der Waals surface area contributed by atoms with Gasteiger partial charge in [-0.1, -0.05) is 0 Å². The van der Waals surface area contributed by atoms with Crippen LogP contribution in [0.15, 0.2) is 18.3 Å². The van der Waals surface area contributed by atoms with Gasteiger partial charge in [-0.2, -0.15) is 0 Å². The minimum atomic E-state index is -0.328. The van der Waals surface area contributed by atoms with Crippen LogP contribution in [0.2, 0.25) is 0 Å². The second-order valence-electron chi connectivity index (χ2n) is 2.70. The minimum absolute atomic E-state index is 0.328. The number of ether oxygens (including phenoxy) is 1. The Morgan fingerprint density at radius 2 is 2.46 bits per heavy atom. The van der Waals surface area contributed by atoms with Gasteiger partial charge >= 0.3 is 6.09 Å². The van der Waals surface area contributed by atoms with E-state index in [1.54, 1.807) is 18.3 Å². The third-order valence-electron chi connectivity index (χ3n) is 1.84. The molecule has 0 spiro atoms. The fraction of sp³-hybridized carbons (Fsp3) is 0.250. The van der Waals surface area contributed by atoms with Crippen molar-refractivity contribution >= 4 is 17.6 Å². The molecule has 1 aliphatic rings. The van der Waals surface area contributed by atoms with Crippen LogP contribution in [0.5, 0.6) is 0 Å². The Balaban J connectivity index is 2.29. The molecule has 1 aliphatic heterocycles. The van der Waals surface area contributed by atoms with Gasteiger partial charge in [0, 0.05) is 12.3 Å². The lowest BCUT2D eigenvalue weighted by molar-refractivity contribution is 0.181. The number of hydrogen-bond donors (Lipinski definition) is 1. The average molecular weight is 179 g/mol. The summed E-state index contributed by atoms with van der Waals surface area (Å²) in [6.45, 7) is 1.00. The Morgan fingerprint density at radius 1 is 1.62 bits per heavy atom. The summed E-state index contributed by atoms with van der Waals surface area (Å²) < 4.78 is 4.79. The van der Waals surface area contributed by atoms with Gasteiger partial charge in [-0.15, -0.1) is 0 Å². The maximum atomic E-state index is 11.1. The van der Waals surface area contributed by atoms with Crippen molar-refractivity contribution in [1.82, 2.24) is 4.98 Å². The summed E-state index contributed by atoms with van der Waals surface area (Å²) >= 11 is 0. The quantitative estimate of drug-likeness (QED) is 0.686. The van der Waals surface area contributed by atoms with Crippen molar-refractivity contribution in [3.8, 4) is 0 Å². The highest BCUT2D eigenvalue weighted by atomic mass is 16.6. The standard InChI is InChI=1S/C8H9N3O2/c9-7-5-6(1-2-10-7)11-3-4-13-8(11)12/h1-2,5H,3-4H2,(H2,9,10). The molecule has 13 heavy (non-hydrogen) atoms. The minimum Gasteiger partial charge on any atom is -0.447 e. The fourth-order valence-corrected chi connectivity index (χ4v) is 1.23. The third-order valence-corrected chi connectivity index (χ3v) is 1.84. The van der Waals surface area contributed by atoms with E-state index in [9.17, 15) is 4.79 Å². The molecule has 1 aromatic rings. The summed E-state index contributed by atoms with van der Waals surface area (Å²) in [6.07, 6.45) is 1.24. The van der Waals surface area contributed by atoms with E-state index in [1.807, 2.05) is 0 Å². The summed E-state index contributed by atoms with van der Waals surface area (Å²) in [5.74, 6) is 0.400. The molecular weight excluding hydrogens is 170 g/mol. The second-order valence-corrected chi connectivity index (χ2v) is 2.70. The number of nitrogens with zero attached hydrogens (tertiary/aromatic N) is 2. The van der Waals surface area contributed by atoms with Crippen molar-refractivity contribution in [2.45, 2.75) is 0 Å². The summed E-state index contributed by atoms with van der Waals surface area (Å²) in [4.78, 5) is 16.5. The number of hydrogen-bond acceptors (Lipinski definition) is 4. The number of rotatable bonds is 1. The van der Waals surface area contributed by atoms with Gasteiger partial charge in [-0.25, -0.2) is 9.78 Å². The van der Waals surface area contributed by atoms with E-state index < -0.39 is 0 Å². The monoisotopic (exact) mass is 179 g/mol. The van der Waals surface area contributed by atoms with E-state index in [0.717, 1.165) is 5.69 Å². The van der Waals surface area contributed by atoms with Crippen LogP contribution in [0.25, 0.3) is 0 Å². The van der Waals surface area contributed by atoms with Crippen LogP contribution in [0.4, 0.5) is 16.3 Å². The number of cyclic esters (lactones) is 1. The van der Waals surface area contributed by atoms with E-state index in [4.69, 9.17) is 10.5 Å². The van der Waals surface area contributed by atoms with Crippen LogP contribution in [-0.2, 0) is 4.74 Å². The molecule has 0 saturated carbocycles. The Hall–Kier alpha value is -1.78. The summed E-state index contributed by atoms with van der Waals surface area (Å²) in [7, 11) is 0. The first-order chi connectivity index (χ1) is 6.27. The van der Waals surface area contributed by atoms with Crippen LogP contribution in [0.3, 0.4) is 0 Å². The molecule has 5 heteroatoms. The molecule has 0 radical (unpaired) electrons. The highest BCUT2D eigenvalue weighted by Gasteiger charge is 2.23. The van der Waals surface area contributed by atoms with Crippen molar-refractivity contribution in [1.29, 1.82) is 0 Å². The van der Waals surface area contributed by atoms with Gasteiger partial charge in [0.25, 0.3) is 0 Å². The van der Waals surface area contributed by atoms with Crippen molar-refractivity contribution in [2.24, 2.45) is 0 Å². The number of nitrogen functional groups attached to an aromatic ring is 1. The molecule has 2 heterocycles. The van der Waals surface area contributed by atoms with E-state index in [0.29, 0.717) is 19.0 Å². The Bertz CT molecular complexity index is 340. The largest absolute Gasteiger partial charge is 0.447 e. The van der Waals surface area contributed by atoms with Gasteiger partial charge in [0.05, 0.1) is 12.2 Å². The fourth-order valence-electron chi connectivity index (χ4n) is 1.23. The zero-order valence-electron chi connectivity index (χ0n) is 6.93. The summed E-state index contributed by atoms with van der Waals surface area (Å²) in [5.41, 5.74) is 6.21. The molecule has 0 unspecified atom stereocenters. The topological polar surface area (TPSA) is 68.4 Å². The number of aromatic nitrogens is 1. The highest BCUT2D eigenvalue weighted by molar-refractivity contribution is 5.89. The lowest BCUT2D eigenvalue weighted by Crippen LogP contribution is -2.23. The molecule has 1 saturated heterocycles. The molecular formula is C8H9N3O2. The first-order valence-electron chi connectivity index (χ1n) is 3.93. The SMILES string of the molecule is Nc1cc(N2CCOC2=O)ccn1. The number of carbonyl (C=O) groups is 1. The van der Waals surface area contributed by atoms with E-state index in [-0.39, 0.29) is 6.09 Å². The van der Waals surface area contributed by atoms with Gasteiger partial charge in [-0.05, 0) is 6.07 Å². The van der Waals surface area contributed by atoms with Gasteiger partial charge < -0.3 is 10.5 Å². The van der Waals surface area contributed by atoms with E-state index in [2.05, 4.69) is 4.98 Å². The number of pyridine rings is 1. The predicted octanol–water partition coefficient (Wildman–Crippen LogP) is 0.620. The zero-order chi connectivity index (χ0) is 9.26. The first kappa shape index (κ1) is 7.85. The Morgan fingerprint density at radius 3 is 3.08 bits per heavy atom. The smallest absolute Gasteiger partial charge is 0.414 e. The normalized spacial score (nSPS) is 16.0. The summed E-state index contributed by atoms with van der Waals surface area (Å²) in [5, 5.41) is 0. The molecule has 1 aromatic heterocycles. The predicted molar refractivity (Wildman–Crippen MR) is 47.3 cm³/mol. The molecule has 1 amide bonds. The maximum absolute atomic E-state index is 11.1. The number of carbonyl (C=O) groups excluding carboxylic acids is 1. The molecule has 0 atom stereocenters. The van der Waals surface area contributed by atoms with Crippen LogP contribution in [0, 0.1) is 0 Å². The second kappa shape index (κ2) is 2.93. The van der Waals surface area contributed by atoms with Crippen LogP contribution < -0.4 is 10.6 Å². The van der Waals surface area contributed by atoms with Crippen molar-refractivity contribution in [3.05, 3.63) is 18.3 Å². The molecule has 2 N–H and O–H groups in total. The van der Waals surface area contributed by atoms with Crippen molar-refractivity contribution < 1.29 is 9.53 Å². The average Bonchev–Trinajstić information content (AvgIpc) is 2.51. The van der Waals surface area contributed by atoms with Crippen LogP contribution >= 0.6 is 0 Å². The lowest BCUT2D eigenvalue weighted by Gasteiger charge is -2.11. The molecule has 0 aromatic carbocycles. The Labute approximate surface area is 75.1 Å². The van der Waals surface area contributed by atoms with E-state index >= 15 is 0 Å². The molecule has 0 bridgehead atoms. The van der Waals surface area contributed by atoms with Gasteiger partial charge in [0.15, 0.2) is 0 Å². The van der Waals surface area contributed by atoms with Crippen molar-refractivity contribution in [3.63, 3.8) is 0 Å². The van der Waals surface area contributed by atoms with Gasteiger partial charge in [-0.3, -0.25) is 4.90 Å². The zero-order valence-corrected chi connectivity index (χ0v) is 6.93. The molecule has 68 valence electrons. The van der Waals surface area contributed by atoms with Gasteiger partial charge in [0.2, 0.25) is 0 Å². The lowest BCUT2D eigenvalue weighted by atomic mass is 10.3. The van der Waals surface area contributed by atoms with Crippen LogP contribution in [0.1, 0.15) is 0 Å². The third kappa shape index (κ3) is 1.40. The first-order valence-corrected chi connectivity index (χ1v) is 3.93. The van der Waals surface area contributed by atoms with Crippen molar-refractivity contribution in [2.75, 3.05) is 23.8 Å². The molecule has 1 fully saturated rings. The van der Waals surface area contributed by atoms with Gasteiger partial charge in [0.1, 0.15) is 12.4 Å². The van der Waals surface area contributed by atoms with E-state index in [1.165, 1.54) is 4.90 Å². The Kier molecular flexibility index (Phi) is 1.77. The van der Waals surface area contributed by atoms with Crippen LogP contribution in [-0.4, -0.2) is 24.2 Å². The number of nitrogens with two attached hydrogens (primary N) is 1. The number of amides is 1. The molecule has 0 aliphatic carbocycles. The maximum Gasteiger partial charge on any atom is 0.414 e. The number of anilines is 2. The molecule has 2 rings (SSSR count). The molecule has 5 nitrogen and oxygen atoms in total. The summed E-state index contributed by atoms with van der Waals surface area (Å²) in [6, 6.07) is 3.37.